The van der Waals surface area contributed by atoms with E-state index in [4.69, 9.17) is 26.2 Å². The number of fused-ring (bicyclic) bond motifs is 1. The summed E-state index contributed by atoms with van der Waals surface area (Å²) >= 11 is 7.89. The number of hydrogen-bond donors (Lipinski definition) is 1. The molecule has 2 heterocycles. The fraction of sp³-hybridized carbons (Fsp3) is 0.292. The third-order valence-corrected chi connectivity index (χ3v) is 6.64. The molecule has 9 heteroatoms. The second-order valence-electron chi connectivity index (χ2n) is 7.49. The van der Waals surface area contributed by atoms with Crippen molar-refractivity contribution in [1.29, 1.82) is 0 Å². The average Bonchev–Trinajstić information content (AvgIpc) is 3.23. The molecule has 1 atom stereocenters. The average molecular weight is 485 g/mol. The first-order chi connectivity index (χ1) is 16.0. The first-order valence-electron chi connectivity index (χ1n) is 10.6. The van der Waals surface area contributed by atoms with E-state index in [1.165, 1.54) is 7.11 Å². The van der Waals surface area contributed by atoms with Gasteiger partial charge in [-0.25, -0.2) is 9.48 Å². The van der Waals surface area contributed by atoms with Gasteiger partial charge in [0.15, 0.2) is 0 Å². The largest absolute Gasteiger partial charge is 0.488 e. The van der Waals surface area contributed by atoms with Gasteiger partial charge in [0.1, 0.15) is 18.4 Å². The maximum Gasteiger partial charge on any atom is 0.338 e. The number of methoxy groups -OCH3 is 1. The standard InChI is InChI=1S/C24H25ClN4O3S/c1-4-13-33-24-27-23-26-15(2)20(22(30)31-3)21(29(23)28-24)17-10-6-8-12-19(17)32-14-16-9-5-7-11-18(16)25/h5-12,21H,4,13-14H2,1-3H3,(H,26,27,28). The lowest BCUT2D eigenvalue weighted by atomic mass is 9.95. The molecular weight excluding hydrogens is 460 g/mol. The van der Waals surface area contributed by atoms with Crippen LogP contribution in [0.1, 0.15) is 37.4 Å². The van der Waals surface area contributed by atoms with E-state index >= 15 is 0 Å². The third-order valence-electron chi connectivity index (χ3n) is 5.23. The van der Waals surface area contributed by atoms with Crippen molar-refractivity contribution in [2.75, 3.05) is 18.2 Å². The van der Waals surface area contributed by atoms with E-state index in [0.717, 1.165) is 23.3 Å². The predicted octanol–water partition coefficient (Wildman–Crippen LogP) is 5.47. The molecule has 0 fully saturated rings. The third kappa shape index (κ3) is 4.86. The number of aromatic nitrogens is 3. The number of esters is 1. The van der Waals surface area contributed by atoms with E-state index in [1.807, 2.05) is 55.5 Å². The van der Waals surface area contributed by atoms with Gasteiger partial charge >= 0.3 is 5.97 Å². The van der Waals surface area contributed by atoms with Gasteiger partial charge in [-0.3, -0.25) is 0 Å². The molecule has 0 amide bonds. The van der Waals surface area contributed by atoms with E-state index < -0.39 is 12.0 Å². The monoisotopic (exact) mass is 484 g/mol. The number of ether oxygens (including phenoxy) is 2. The van der Waals surface area contributed by atoms with Gasteiger partial charge in [0.05, 0.1) is 12.7 Å². The Morgan fingerprint density at radius 2 is 1.97 bits per heavy atom. The molecule has 0 bridgehead atoms. The number of carbonyl (C=O) groups excluding carboxylic acids is 1. The van der Waals surface area contributed by atoms with E-state index in [2.05, 4.69) is 17.2 Å². The van der Waals surface area contributed by atoms with Gasteiger partial charge in [-0.2, -0.15) is 4.98 Å². The summed E-state index contributed by atoms with van der Waals surface area (Å²) < 4.78 is 13.0. The van der Waals surface area contributed by atoms with E-state index in [-0.39, 0.29) is 0 Å². The number of halogens is 1. The minimum Gasteiger partial charge on any atom is -0.488 e. The van der Waals surface area contributed by atoms with Gasteiger partial charge in [0, 0.05) is 27.6 Å². The molecule has 0 spiro atoms. The number of carbonyl (C=O) groups is 1. The molecule has 0 aliphatic carbocycles. The van der Waals surface area contributed by atoms with Crippen LogP contribution in [0.25, 0.3) is 0 Å². The van der Waals surface area contributed by atoms with Crippen molar-refractivity contribution in [2.24, 2.45) is 0 Å². The minimum atomic E-state index is -0.556. The summed E-state index contributed by atoms with van der Waals surface area (Å²) in [5, 5.41) is 9.20. The summed E-state index contributed by atoms with van der Waals surface area (Å²) in [5.74, 6) is 1.67. The first-order valence-corrected chi connectivity index (χ1v) is 12.0. The molecule has 172 valence electrons. The number of anilines is 1. The number of nitrogens with one attached hydrogen (secondary N) is 1. The van der Waals surface area contributed by atoms with Crippen LogP contribution >= 0.6 is 23.4 Å². The Morgan fingerprint density at radius 3 is 2.73 bits per heavy atom. The van der Waals surface area contributed by atoms with Gasteiger partial charge in [-0.05, 0) is 25.5 Å². The molecule has 0 saturated carbocycles. The van der Waals surface area contributed by atoms with Crippen molar-refractivity contribution in [3.05, 3.63) is 76.0 Å². The molecule has 33 heavy (non-hydrogen) atoms. The smallest absolute Gasteiger partial charge is 0.338 e. The molecule has 1 aliphatic heterocycles. The van der Waals surface area contributed by atoms with Gasteiger partial charge in [-0.1, -0.05) is 66.7 Å². The van der Waals surface area contributed by atoms with Gasteiger partial charge in [0.2, 0.25) is 11.1 Å². The Balaban J connectivity index is 1.76. The van der Waals surface area contributed by atoms with Gasteiger partial charge in [-0.15, -0.1) is 5.10 Å². The summed E-state index contributed by atoms with van der Waals surface area (Å²) in [6.07, 6.45) is 1.01. The van der Waals surface area contributed by atoms with E-state index in [0.29, 0.717) is 39.8 Å². The molecule has 0 radical (unpaired) electrons. The summed E-state index contributed by atoms with van der Waals surface area (Å²) in [4.78, 5) is 17.5. The highest BCUT2D eigenvalue weighted by molar-refractivity contribution is 7.99. The van der Waals surface area contributed by atoms with Crippen LogP contribution in [0.4, 0.5) is 5.95 Å². The number of nitrogens with zero attached hydrogens (tertiary/aromatic N) is 3. The number of benzene rings is 2. The Kier molecular flexibility index (Phi) is 7.25. The topological polar surface area (TPSA) is 78.3 Å². The lowest BCUT2D eigenvalue weighted by Gasteiger charge is -2.29. The second-order valence-corrected chi connectivity index (χ2v) is 8.96. The second kappa shape index (κ2) is 10.3. The maximum absolute atomic E-state index is 12.8. The first kappa shape index (κ1) is 23.2. The molecule has 7 nitrogen and oxygen atoms in total. The van der Waals surface area contributed by atoms with Crippen LogP contribution in [-0.4, -0.2) is 33.6 Å². The molecule has 0 saturated heterocycles. The van der Waals surface area contributed by atoms with E-state index in [9.17, 15) is 4.79 Å². The van der Waals surface area contributed by atoms with Crippen molar-refractivity contribution in [3.63, 3.8) is 0 Å². The highest BCUT2D eigenvalue weighted by Crippen LogP contribution is 2.40. The molecule has 1 aliphatic rings. The molecule has 3 aromatic rings. The fourth-order valence-electron chi connectivity index (χ4n) is 3.66. The summed E-state index contributed by atoms with van der Waals surface area (Å²) in [7, 11) is 1.37. The zero-order chi connectivity index (χ0) is 23.4. The lowest BCUT2D eigenvalue weighted by molar-refractivity contribution is -0.136. The normalized spacial score (nSPS) is 15.1. The Morgan fingerprint density at radius 1 is 1.21 bits per heavy atom. The van der Waals surface area contributed by atoms with Crippen LogP contribution in [-0.2, 0) is 16.1 Å². The molecule has 1 aromatic heterocycles. The number of rotatable bonds is 8. The van der Waals surface area contributed by atoms with Gasteiger partial charge < -0.3 is 14.8 Å². The van der Waals surface area contributed by atoms with Crippen molar-refractivity contribution < 1.29 is 14.3 Å². The van der Waals surface area contributed by atoms with Crippen LogP contribution in [0.15, 0.2) is 65.0 Å². The van der Waals surface area contributed by atoms with Crippen LogP contribution in [0, 0.1) is 0 Å². The highest BCUT2D eigenvalue weighted by Gasteiger charge is 2.36. The predicted molar refractivity (Wildman–Crippen MR) is 130 cm³/mol. The molecule has 1 N–H and O–H groups in total. The maximum atomic E-state index is 12.8. The fourth-order valence-corrected chi connectivity index (χ4v) is 4.53. The van der Waals surface area contributed by atoms with Crippen LogP contribution in [0.5, 0.6) is 5.75 Å². The summed E-state index contributed by atoms with van der Waals surface area (Å²) in [6.45, 7) is 4.24. The zero-order valence-corrected chi connectivity index (χ0v) is 20.2. The van der Waals surface area contributed by atoms with Crippen LogP contribution in [0.3, 0.4) is 0 Å². The van der Waals surface area contributed by atoms with Crippen LogP contribution < -0.4 is 10.1 Å². The number of hydrogen-bond acceptors (Lipinski definition) is 7. The number of para-hydroxylation sites is 1. The van der Waals surface area contributed by atoms with Crippen molar-refractivity contribution >= 4 is 35.3 Å². The van der Waals surface area contributed by atoms with Gasteiger partial charge in [0.25, 0.3) is 0 Å². The Bertz CT molecular complexity index is 1190. The quantitative estimate of drug-likeness (QED) is 0.335. The van der Waals surface area contributed by atoms with Crippen molar-refractivity contribution in [3.8, 4) is 5.75 Å². The molecule has 2 aromatic carbocycles. The zero-order valence-electron chi connectivity index (χ0n) is 18.7. The number of thioether (sulfide) groups is 1. The van der Waals surface area contributed by atoms with E-state index in [1.54, 1.807) is 16.4 Å². The molecular formula is C24H25ClN4O3S. The van der Waals surface area contributed by atoms with Crippen molar-refractivity contribution in [1.82, 2.24) is 14.8 Å². The summed E-state index contributed by atoms with van der Waals surface area (Å²) in [5.41, 5.74) is 2.78. The Hall–Kier alpha value is -2.97. The minimum absolute atomic E-state index is 0.291. The SMILES string of the molecule is CCCSc1nc2n(n1)C(c1ccccc1OCc1ccccc1Cl)C(C(=O)OC)=C(C)N2. The van der Waals surface area contributed by atoms with Crippen LogP contribution in [0.2, 0.25) is 5.02 Å². The Labute approximate surface area is 202 Å². The molecule has 4 rings (SSSR count). The van der Waals surface area contributed by atoms with Crippen molar-refractivity contribution in [2.45, 2.75) is 38.1 Å². The highest BCUT2D eigenvalue weighted by atomic mass is 35.5. The lowest BCUT2D eigenvalue weighted by Crippen LogP contribution is -2.29. The number of allylic oxidation sites excluding steroid dienone is 1. The summed E-state index contributed by atoms with van der Waals surface area (Å²) in [6, 6.07) is 14.6. The molecule has 1 unspecified atom stereocenters.